The van der Waals surface area contributed by atoms with Gasteiger partial charge in [0.25, 0.3) is 5.78 Å². The molecule has 1 N–H and O–H groups in total. The minimum atomic E-state index is -1.04. The quantitative estimate of drug-likeness (QED) is 0.0798. The van der Waals surface area contributed by atoms with E-state index in [1.54, 1.807) is 24.3 Å². The van der Waals surface area contributed by atoms with E-state index in [0.29, 0.717) is 38.5 Å². The van der Waals surface area contributed by atoms with Crippen LogP contribution in [-0.2, 0) is 15.3 Å². The molecule has 2 heterocycles. The molecule has 9 nitrogen and oxygen atoms in total. The van der Waals surface area contributed by atoms with Crippen molar-refractivity contribution in [2.45, 2.75) is 30.0 Å². The number of hydrogen-bond donors (Lipinski definition) is 1. The number of thioether (sulfide) groups is 1. The first-order valence-electron chi connectivity index (χ1n) is 13.0. The molecule has 1 amide bonds. The van der Waals surface area contributed by atoms with Crippen LogP contribution >= 0.6 is 23.1 Å². The Morgan fingerprint density at radius 2 is 1.50 bits per heavy atom. The van der Waals surface area contributed by atoms with Crippen LogP contribution in [0.15, 0.2) is 70.6 Å². The SMILES string of the molecule is COc1cc(C2/C(=C(/O)c3ccc(C)cc3)C(=O)C(=O)N2c2nnc(SCc3ccc(C)cc3)s2)cc(OC)c1OC. The summed E-state index contributed by atoms with van der Waals surface area (Å²) in [6.07, 6.45) is 0. The number of ketones is 1. The molecule has 1 fully saturated rings. The lowest BCUT2D eigenvalue weighted by molar-refractivity contribution is -0.132. The van der Waals surface area contributed by atoms with Crippen molar-refractivity contribution in [1.29, 1.82) is 0 Å². The smallest absolute Gasteiger partial charge is 0.301 e. The van der Waals surface area contributed by atoms with Gasteiger partial charge in [0.1, 0.15) is 5.76 Å². The van der Waals surface area contributed by atoms with E-state index in [9.17, 15) is 14.7 Å². The molecule has 1 atom stereocenters. The van der Waals surface area contributed by atoms with E-state index in [0.717, 1.165) is 11.1 Å². The second-order valence-corrected chi connectivity index (χ2v) is 11.8. The monoisotopic (exact) mass is 603 g/mol. The predicted octanol–water partition coefficient (Wildman–Crippen LogP) is 6.10. The molecule has 0 spiro atoms. The molecular weight excluding hydrogens is 574 g/mol. The number of aliphatic hydroxyl groups excluding tert-OH is 1. The van der Waals surface area contributed by atoms with Crippen LogP contribution in [0.5, 0.6) is 17.2 Å². The van der Waals surface area contributed by atoms with Crippen molar-refractivity contribution >= 4 is 45.7 Å². The second-order valence-electron chi connectivity index (χ2n) is 9.62. The summed E-state index contributed by atoms with van der Waals surface area (Å²) < 4.78 is 17.2. The Hall–Kier alpha value is -4.35. The fourth-order valence-electron chi connectivity index (χ4n) is 4.66. The van der Waals surface area contributed by atoms with Gasteiger partial charge in [-0.25, -0.2) is 0 Å². The average Bonchev–Trinajstić information content (AvgIpc) is 3.57. The molecule has 0 radical (unpaired) electrons. The first-order valence-corrected chi connectivity index (χ1v) is 14.8. The molecule has 1 aromatic heterocycles. The van der Waals surface area contributed by atoms with Crippen molar-refractivity contribution < 1.29 is 28.9 Å². The number of ether oxygens (including phenoxy) is 3. The summed E-state index contributed by atoms with van der Waals surface area (Å²) in [7, 11) is 4.44. The fraction of sp³-hybridized carbons (Fsp3) is 0.226. The Morgan fingerprint density at radius 1 is 0.905 bits per heavy atom. The lowest BCUT2D eigenvalue weighted by Crippen LogP contribution is -2.29. The molecular formula is C31H29N3O6S2. The molecule has 11 heteroatoms. The molecule has 0 bridgehead atoms. The van der Waals surface area contributed by atoms with Crippen molar-refractivity contribution in [3.63, 3.8) is 0 Å². The molecule has 1 unspecified atom stereocenters. The van der Waals surface area contributed by atoms with Crippen LogP contribution < -0.4 is 19.1 Å². The largest absolute Gasteiger partial charge is 0.507 e. The number of carbonyl (C=O) groups excluding carboxylic acids is 2. The van der Waals surface area contributed by atoms with Crippen LogP contribution in [0.25, 0.3) is 5.76 Å². The molecule has 3 aromatic carbocycles. The maximum absolute atomic E-state index is 13.6. The highest BCUT2D eigenvalue weighted by Gasteiger charge is 2.49. The van der Waals surface area contributed by atoms with Gasteiger partial charge in [0.05, 0.1) is 32.9 Å². The van der Waals surface area contributed by atoms with Gasteiger partial charge < -0.3 is 19.3 Å². The third-order valence-corrected chi connectivity index (χ3v) is 8.98. The zero-order valence-corrected chi connectivity index (χ0v) is 25.3. The van der Waals surface area contributed by atoms with Crippen molar-refractivity contribution in [1.82, 2.24) is 10.2 Å². The standard InChI is InChI=1S/C31H29N3O6S2/c1-17-6-10-19(11-7-17)16-41-31-33-32-30(42-31)34-25(21-14-22(38-3)28(40-5)23(15-21)39-4)24(27(36)29(34)37)26(35)20-12-8-18(2)9-13-20/h6-15,25,35H,16H2,1-5H3/b26-24-. The lowest BCUT2D eigenvalue weighted by Gasteiger charge is -2.24. The van der Waals surface area contributed by atoms with Gasteiger partial charge in [-0.2, -0.15) is 0 Å². The van der Waals surface area contributed by atoms with Gasteiger partial charge in [0, 0.05) is 11.3 Å². The zero-order chi connectivity index (χ0) is 30.0. The van der Waals surface area contributed by atoms with E-state index in [4.69, 9.17) is 14.2 Å². The molecule has 0 aliphatic carbocycles. The van der Waals surface area contributed by atoms with Crippen LogP contribution in [0, 0.1) is 13.8 Å². The van der Waals surface area contributed by atoms with Gasteiger partial charge in [-0.3, -0.25) is 14.5 Å². The highest BCUT2D eigenvalue weighted by molar-refractivity contribution is 8.00. The number of hydrogen-bond acceptors (Lipinski definition) is 10. The summed E-state index contributed by atoms with van der Waals surface area (Å²) in [4.78, 5) is 28.5. The van der Waals surface area contributed by atoms with E-state index in [2.05, 4.69) is 22.3 Å². The number of methoxy groups -OCH3 is 3. The Bertz CT molecular complexity index is 1640. The van der Waals surface area contributed by atoms with Crippen molar-refractivity contribution in [2.75, 3.05) is 26.2 Å². The minimum absolute atomic E-state index is 0.0813. The van der Waals surface area contributed by atoms with Crippen LogP contribution in [0.4, 0.5) is 5.13 Å². The van der Waals surface area contributed by atoms with Crippen LogP contribution in [0.2, 0.25) is 0 Å². The average molecular weight is 604 g/mol. The molecule has 1 saturated heterocycles. The molecule has 5 rings (SSSR count). The summed E-state index contributed by atoms with van der Waals surface area (Å²) >= 11 is 2.68. The van der Waals surface area contributed by atoms with Gasteiger partial charge in [-0.15, -0.1) is 10.2 Å². The highest BCUT2D eigenvalue weighted by atomic mass is 32.2. The normalized spacial score (nSPS) is 16.1. The maximum Gasteiger partial charge on any atom is 0.301 e. The minimum Gasteiger partial charge on any atom is -0.507 e. The molecule has 216 valence electrons. The Morgan fingerprint density at radius 3 is 2.07 bits per heavy atom. The van der Waals surface area contributed by atoms with Crippen LogP contribution in [-0.4, -0.2) is 48.3 Å². The molecule has 42 heavy (non-hydrogen) atoms. The highest BCUT2D eigenvalue weighted by Crippen LogP contribution is 2.48. The topological polar surface area (TPSA) is 111 Å². The van der Waals surface area contributed by atoms with Gasteiger partial charge >= 0.3 is 5.91 Å². The van der Waals surface area contributed by atoms with Crippen molar-refractivity contribution in [3.05, 3.63) is 94.1 Å². The van der Waals surface area contributed by atoms with Crippen molar-refractivity contribution in [2.24, 2.45) is 0 Å². The summed E-state index contributed by atoms with van der Waals surface area (Å²) in [5.41, 5.74) is 4.07. The number of amides is 1. The van der Waals surface area contributed by atoms with E-state index < -0.39 is 17.7 Å². The first kappa shape index (κ1) is 29.2. The Labute approximate surface area is 251 Å². The number of aryl methyl sites for hydroxylation is 2. The fourth-order valence-corrected chi connectivity index (χ4v) is 6.48. The van der Waals surface area contributed by atoms with Crippen LogP contribution in [0.1, 0.15) is 33.9 Å². The van der Waals surface area contributed by atoms with E-state index >= 15 is 0 Å². The number of rotatable bonds is 9. The molecule has 1 aliphatic heterocycles. The number of aliphatic hydroxyl groups is 1. The summed E-state index contributed by atoms with van der Waals surface area (Å²) in [6.45, 7) is 3.95. The molecule has 0 saturated carbocycles. The third-order valence-electron chi connectivity index (χ3n) is 6.86. The predicted molar refractivity (Wildman–Crippen MR) is 163 cm³/mol. The second kappa shape index (κ2) is 12.3. The number of nitrogens with zero attached hydrogens (tertiary/aromatic N) is 3. The van der Waals surface area contributed by atoms with E-state index in [1.165, 1.54) is 54.9 Å². The number of aromatic nitrogens is 2. The number of benzene rings is 3. The van der Waals surface area contributed by atoms with Crippen molar-refractivity contribution in [3.8, 4) is 17.2 Å². The van der Waals surface area contributed by atoms with Gasteiger partial charge in [-0.05, 0) is 37.1 Å². The summed E-state index contributed by atoms with van der Waals surface area (Å²) in [5.74, 6) is -0.279. The van der Waals surface area contributed by atoms with Gasteiger partial charge in [0.15, 0.2) is 15.8 Å². The zero-order valence-electron chi connectivity index (χ0n) is 23.7. The number of Topliss-reactive ketones (excluding diaryl/α,β-unsaturated/α-hetero) is 1. The third kappa shape index (κ3) is 5.57. The van der Waals surface area contributed by atoms with E-state index in [-0.39, 0.29) is 16.5 Å². The molecule has 4 aromatic rings. The Balaban J connectivity index is 1.61. The Kier molecular flexibility index (Phi) is 8.51. The number of anilines is 1. The first-order chi connectivity index (χ1) is 20.2. The maximum atomic E-state index is 13.6. The van der Waals surface area contributed by atoms with E-state index in [1.807, 2.05) is 38.1 Å². The van der Waals surface area contributed by atoms with Gasteiger partial charge in [-0.1, -0.05) is 82.8 Å². The summed E-state index contributed by atoms with van der Waals surface area (Å²) in [6, 6.07) is 17.5. The molecule has 1 aliphatic rings. The van der Waals surface area contributed by atoms with Gasteiger partial charge in [0.2, 0.25) is 10.9 Å². The van der Waals surface area contributed by atoms with Crippen LogP contribution in [0.3, 0.4) is 0 Å². The lowest BCUT2D eigenvalue weighted by atomic mass is 9.94. The number of carbonyl (C=O) groups is 2. The summed E-state index contributed by atoms with van der Waals surface area (Å²) in [5, 5.41) is 20.3.